The van der Waals surface area contributed by atoms with Crippen molar-refractivity contribution in [3.8, 4) is 11.5 Å². The smallest absolute Gasteiger partial charge is 0.248 e. The Kier molecular flexibility index (Phi) is 9.30. The molecule has 2 rings (SSSR count). The van der Waals surface area contributed by atoms with Gasteiger partial charge in [0.15, 0.2) is 0 Å². The van der Waals surface area contributed by atoms with Gasteiger partial charge in [0.25, 0.3) is 0 Å². The van der Waals surface area contributed by atoms with E-state index in [4.69, 9.17) is 15.2 Å². The van der Waals surface area contributed by atoms with Gasteiger partial charge in [-0.1, -0.05) is 0 Å². The van der Waals surface area contributed by atoms with Gasteiger partial charge in [-0.15, -0.1) is 23.7 Å². The van der Waals surface area contributed by atoms with E-state index in [9.17, 15) is 9.90 Å². The van der Waals surface area contributed by atoms with Crippen LogP contribution in [0.4, 0.5) is 0 Å². The SMILES string of the molecule is Cc1cscc1OCC(O)CNCCOc1ccc(C(N)=O)cc1.Cl. The van der Waals surface area contributed by atoms with Gasteiger partial charge in [-0.2, -0.15) is 0 Å². The van der Waals surface area contributed by atoms with Crippen LogP contribution in [0.2, 0.25) is 0 Å². The Labute approximate surface area is 157 Å². The molecule has 1 aromatic heterocycles. The summed E-state index contributed by atoms with van der Waals surface area (Å²) in [6.07, 6.45) is -0.584. The average molecular weight is 387 g/mol. The number of hydrogen-bond acceptors (Lipinski definition) is 6. The number of ether oxygens (including phenoxy) is 2. The first-order chi connectivity index (χ1) is 11.6. The summed E-state index contributed by atoms with van der Waals surface area (Å²) >= 11 is 1.58. The number of aliphatic hydroxyl groups excluding tert-OH is 1. The Morgan fingerprint density at radius 2 is 2.00 bits per heavy atom. The fourth-order valence-corrected chi connectivity index (χ4v) is 2.73. The van der Waals surface area contributed by atoms with E-state index in [-0.39, 0.29) is 19.0 Å². The number of benzene rings is 1. The van der Waals surface area contributed by atoms with Crippen LogP contribution in [0.15, 0.2) is 35.0 Å². The molecule has 8 heteroatoms. The second-order valence-electron chi connectivity index (χ2n) is 5.33. The predicted octanol–water partition coefficient (Wildman–Crippen LogP) is 1.99. The van der Waals surface area contributed by atoms with Gasteiger partial charge in [-0.05, 0) is 36.6 Å². The molecule has 0 aliphatic rings. The number of amides is 1. The number of aliphatic hydroxyl groups is 1. The first kappa shape index (κ1) is 21.2. The number of halogens is 1. The molecule has 0 saturated carbocycles. The number of aryl methyl sites for hydroxylation is 1. The molecule has 25 heavy (non-hydrogen) atoms. The highest BCUT2D eigenvalue weighted by atomic mass is 35.5. The number of hydrogen-bond donors (Lipinski definition) is 3. The van der Waals surface area contributed by atoms with E-state index in [0.29, 0.717) is 31.0 Å². The molecule has 1 unspecified atom stereocenters. The van der Waals surface area contributed by atoms with Crippen LogP contribution in [0.5, 0.6) is 11.5 Å². The van der Waals surface area contributed by atoms with E-state index in [0.717, 1.165) is 11.3 Å². The molecule has 2 aromatic rings. The van der Waals surface area contributed by atoms with E-state index < -0.39 is 12.0 Å². The Morgan fingerprint density at radius 3 is 2.60 bits per heavy atom. The van der Waals surface area contributed by atoms with Gasteiger partial charge in [0.2, 0.25) is 5.91 Å². The zero-order valence-corrected chi connectivity index (χ0v) is 15.6. The molecule has 0 spiro atoms. The lowest BCUT2D eigenvalue weighted by molar-refractivity contribution is 0.1000. The van der Waals surface area contributed by atoms with Crippen molar-refractivity contribution in [3.05, 3.63) is 46.2 Å². The van der Waals surface area contributed by atoms with Gasteiger partial charge < -0.3 is 25.6 Å². The third-order valence-corrected chi connectivity index (χ3v) is 4.15. The first-order valence-electron chi connectivity index (χ1n) is 7.63. The minimum Gasteiger partial charge on any atom is -0.492 e. The Morgan fingerprint density at radius 1 is 1.28 bits per heavy atom. The first-order valence-corrected chi connectivity index (χ1v) is 8.57. The summed E-state index contributed by atoms with van der Waals surface area (Å²) in [4.78, 5) is 11.0. The lowest BCUT2D eigenvalue weighted by atomic mass is 10.2. The molecule has 0 saturated heterocycles. The number of carbonyl (C=O) groups excluding carboxylic acids is 1. The van der Waals surface area contributed by atoms with Gasteiger partial charge >= 0.3 is 0 Å². The quantitative estimate of drug-likeness (QED) is 0.543. The second-order valence-corrected chi connectivity index (χ2v) is 6.07. The number of thiophene rings is 1. The molecular formula is C17H23ClN2O4S. The normalized spacial score (nSPS) is 11.4. The van der Waals surface area contributed by atoms with Gasteiger partial charge in [0.05, 0.1) is 0 Å². The molecule has 0 radical (unpaired) electrons. The number of primary amides is 1. The highest BCUT2D eigenvalue weighted by Gasteiger charge is 2.07. The number of nitrogens with one attached hydrogen (secondary N) is 1. The van der Waals surface area contributed by atoms with Crippen molar-refractivity contribution in [1.82, 2.24) is 5.32 Å². The largest absolute Gasteiger partial charge is 0.492 e. The van der Waals surface area contributed by atoms with Crippen LogP contribution in [0.3, 0.4) is 0 Å². The standard InChI is InChI=1S/C17H22N2O4S.ClH/c1-12-10-24-11-16(12)23-9-14(20)8-19-6-7-22-15-4-2-13(3-5-15)17(18)21;/h2-5,10-11,14,19-20H,6-9H2,1H3,(H2,18,21);1H. The van der Waals surface area contributed by atoms with Crippen LogP contribution in [-0.2, 0) is 0 Å². The summed E-state index contributed by atoms with van der Waals surface area (Å²) in [7, 11) is 0. The Balaban J connectivity index is 0.00000312. The summed E-state index contributed by atoms with van der Waals surface area (Å²) in [5, 5.41) is 16.9. The van der Waals surface area contributed by atoms with Crippen molar-refractivity contribution in [2.24, 2.45) is 5.73 Å². The fraction of sp³-hybridized carbons (Fsp3) is 0.353. The van der Waals surface area contributed by atoms with Gasteiger partial charge in [-0.3, -0.25) is 4.79 Å². The zero-order valence-electron chi connectivity index (χ0n) is 13.9. The van der Waals surface area contributed by atoms with Crippen LogP contribution in [0.1, 0.15) is 15.9 Å². The van der Waals surface area contributed by atoms with Crippen molar-refractivity contribution in [3.63, 3.8) is 0 Å². The Bertz CT molecular complexity index is 648. The summed E-state index contributed by atoms with van der Waals surface area (Å²) in [5.74, 6) is 1.03. The summed E-state index contributed by atoms with van der Waals surface area (Å²) in [6, 6.07) is 6.65. The molecule has 1 amide bonds. The van der Waals surface area contributed by atoms with Crippen LogP contribution < -0.4 is 20.5 Å². The zero-order chi connectivity index (χ0) is 17.4. The minimum absolute atomic E-state index is 0. The van der Waals surface area contributed by atoms with Crippen LogP contribution >= 0.6 is 23.7 Å². The molecular weight excluding hydrogens is 364 g/mol. The van der Waals surface area contributed by atoms with E-state index in [1.807, 2.05) is 17.7 Å². The van der Waals surface area contributed by atoms with Crippen molar-refractivity contribution in [2.45, 2.75) is 13.0 Å². The van der Waals surface area contributed by atoms with Crippen molar-refractivity contribution in [2.75, 3.05) is 26.3 Å². The lowest BCUT2D eigenvalue weighted by Gasteiger charge is -2.13. The molecule has 1 aromatic carbocycles. The van der Waals surface area contributed by atoms with E-state index >= 15 is 0 Å². The van der Waals surface area contributed by atoms with Gasteiger partial charge in [0, 0.05) is 29.6 Å². The van der Waals surface area contributed by atoms with Crippen LogP contribution in [0.25, 0.3) is 0 Å². The van der Waals surface area contributed by atoms with Crippen molar-refractivity contribution < 1.29 is 19.4 Å². The molecule has 0 aliphatic heterocycles. The number of carbonyl (C=O) groups is 1. The van der Waals surface area contributed by atoms with Gasteiger partial charge in [-0.25, -0.2) is 0 Å². The molecule has 0 aliphatic carbocycles. The average Bonchev–Trinajstić information content (AvgIpc) is 2.98. The molecule has 0 bridgehead atoms. The van der Waals surface area contributed by atoms with Crippen LogP contribution in [-0.4, -0.2) is 43.4 Å². The lowest BCUT2D eigenvalue weighted by Crippen LogP contribution is -2.33. The number of rotatable bonds is 10. The highest BCUT2D eigenvalue weighted by molar-refractivity contribution is 7.08. The third kappa shape index (κ3) is 7.31. The topological polar surface area (TPSA) is 93.8 Å². The molecule has 1 heterocycles. The molecule has 1 atom stereocenters. The predicted molar refractivity (Wildman–Crippen MR) is 101 cm³/mol. The van der Waals surface area contributed by atoms with Crippen molar-refractivity contribution in [1.29, 1.82) is 0 Å². The molecule has 6 nitrogen and oxygen atoms in total. The maximum Gasteiger partial charge on any atom is 0.248 e. The number of nitrogens with two attached hydrogens (primary N) is 1. The highest BCUT2D eigenvalue weighted by Crippen LogP contribution is 2.22. The van der Waals surface area contributed by atoms with E-state index in [1.165, 1.54) is 0 Å². The van der Waals surface area contributed by atoms with Crippen molar-refractivity contribution >= 4 is 29.7 Å². The maximum absolute atomic E-state index is 11.0. The van der Waals surface area contributed by atoms with Crippen LogP contribution in [0, 0.1) is 6.92 Å². The van der Waals surface area contributed by atoms with E-state index in [1.54, 1.807) is 35.6 Å². The molecule has 4 N–H and O–H groups in total. The molecule has 138 valence electrons. The summed E-state index contributed by atoms with van der Waals surface area (Å²) in [5.41, 5.74) is 6.70. The van der Waals surface area contributed by atoms with Gasteiger partial charge in [0.1, 0.15) is 30.8 Å². The Hall–Kier alpha value is -1.80. The molecule has 0 fully saturated rings. The van der Waals surface area contributed by atoms with E-state index in [2.05, 4.69) is 5.32 Å². The summed E-state index contributed by atoms with van der Waals surface area (Å²) < 4.78 is 11.1. The monoisotopic (exact) mass is 386 g/mol. The third-order valence-electron chi connectivity index (χ3n) is 3.31. The maximum atomic E-state index is 11.0. The second kappa shape index (κ2) is 10.9. The summed E-state index contributed by atoms with van der Waals surface area (Å²) in [6.45, 7) is 3.69. The minimum atomic E-state index is -0.584. The fourth-order valence-electron chi connectivity index (χ4n) is 1.97.